The molecule has 0 bridgehead atoms. The molecule has 0 saturated heterocycles. The second kappa shape index (κ2) is 6.25. The molecule has 0 amide bonds. The Bertz CT molecular complexity index is 708. The zero-order chi connectivity index (χ0) is 16.4. The van der Waals surface area contributed by atoms with Crippen molar-refractivity contribution in [2.24, 2.45) is 5.92 Å². The van der Waals surface area contributed by atoms with Crippen molar-refractivity contribution in [1.82, 2.24) is 4.57 Å². The molecule has 0 radical (unpaired) electrons. The van der Waals surface area contributed by atoms with Crippen molar-refractivity contribution in [3.63, 3.8) is 0 Å². The van der Waals surface area contributed by atoms with Crippen LogP contribution in [0.5, 0.6) is 0 Å². The third-order valence-corrected chi connectivity index (χ3v) is 3.28. The Morgan fingerprint density at radius 1 is 1.23 bits per heavy atom. The van der Waals surface area contributed by atoms with Gasteiger partial charge in [-0.05, 0) is 36.1 Å². The molecule has 0 atom stereocenters. The van der Waals surface area contributed by atoms with Gasteiger partial charge in [0.05, 0.1) is 6.54 Å². The van der Waals surface area contributed by atoms with Gasteiger partial charge in [-0.2, -0.15) is 0 Å². The third-order valence-electron chi connectivity index (χ3n) is 3.28. The van der Waals surface area contributed by atoms with Crippen LogP contribution in [0.3, 0.4) is 0 Å². The highest BCUT2D eigenvalue weighted by molar-refractivity contribution is 5.86. The summed E-state index contributed by atoms with van der Waals surface area (Å²) in [7, 11) is 0. The molecule has 1 aromatic carbocycles. The molecular weight excluding hydrogens is 295 g/mol. The minimum atomic E-state index is -1.30. The van der Waals surface area contributed by atoms with Crippen LogP contribution in [0.25, 0.3) is 0 Å². The summed E-state index contributed by atoms with van der Waals surface area (Å²) in [5.41, 5.74) is 0.178. The van der Waals surface area contributed by atoms with Crippen molar-refractivity contribution in [2.75, 3.05) is 0 Å². The van der Waals surface area contributed by atoms with E-state index >= 15 is 0 Å². The fourth-order valence-electron chi connectivity index (χ4n) is 2.35. The number of nitrogens with zero attached hydrogens (tertiary/aromatic N) is 1. The van der Waals surface area contributed by atoms with Crippen LogP contribution in [0.1, 0.15) is 35.5 Å². The Morgan fingerprint density at radius 2 is 1.86 bits per heavy atom. The Kier molecular flexibility index (Phi) is 4.59. The van der Waals surface area contributed by atoms with E-state index in [1.54, 1.807) is 0 Å². The summed E-state index contributed by atoms with van der Waals surface area (Å²) >= 11 is 0. The topological polar surface area (TPSA) is 42.2 Å². The predicted molar refractivity (Wildman–Crippen MR) is 75.4 cm³/mol. The number of aromatic nitrogens is 1. The van der Waals surface area contributed by atoms with Crippen LogP contribution < -0.4 is 0 Å². The van der Waals surface area contributed by atoms with Crippen LogP contribution in [0.4, 0.5) is 13.2 Å². The van der Waals surface area contributed by atoms with Crippen LogP contribution in [-0.4, -0.2) is 15.6 Å². The summed E-state index contributed by atoms with van der Waals surface area (Å²) in [6, 6.07) is 3.00. The first-order valence-electron chi connectivity index (χ1n) is 6.84. The number of aromatic carboxylic acids is 1. The van der Waals surface area contributed by atoms with Gasteiger partial charge >= 0.3 is 5.97 Å². The van der Waals surface area contributed by atoms with Crippen molar-refractivity contribution in [3.05, 3.63) is 58.7 Å². The van der Waals surface area contributed by atoms with E-state index in [1.165, 1.54) is 16.8 Å². The van der Waals surface area contributed by atoms with Crippen LogP contribution >= 0.6 is 0 Å². The molecule has 0 aliphatic heterocycles. The molecule has 22 heavy (non-hydrogen) atoms. The van der Waals surface area contributed by atoms with Crippen LogP contribution in [-0.2, 0) is 13.0 Å². The minimum absolute atomic E-state index is 0.0845. The molecule has 2 aromatic rings. The van der Waals surface area contributed by atoms with Crippen LogP contribution in [0.15, 0.2) is 24.4 Å². The first-order valence-corrected chi connectivity index (χ1v) is 6.84. The summed E-state index contributed by atoms with van der Waals surface area (Å²) < 4.78 is 41.9. The molecule has 3 nitrogen and oxygen atoms in total. The lowest BCUT2D eigenvalue weighted by atomic mass is 10.1. The Labute approximate surface area is 126 Å². The van der Waals surface area contributed by atoms with Gasteiger partial charge in [0.1, 0.15) is 11.5 Å². The Morgan fingerprint density at radius 3 is 2.45 bits per heavy atom. The molecule has 1 aromatic heterocycles. The maximum absolute atomic E-state index is 13.7. The lowest BCUT2D eigenvalue weighted by molar-refractivity contribution is 0.0685. The second-order valence-corrected chi connectivity index (χ2v) is 5.59. The molecular formula is C16H16F3NO2. The van der Waals surface area contributed by atoms with E-state index in [4.69, 9.17) is 0 Å². The van der Waals surface area contributed by atoms with Gasteiger partial charge in [-0.3, -0.25) is 0 Å². The molecule has 6 heteroatoms. The summed E-state index contributed by atoms with van der Waals surface area (Å²) in [6.45, 7) is 3.57. The van der Waals surface area contributed by atoms with Crippen molar-refractivity contribution < 1.29 is 23.1 Å². The maximum atomic E-state index is 13.7. The SMILES string of the molecule is CC(C)Cc1cc(C(=O)O)n(Cc2c(F)ccc(F)c2F)c1. The van der Waals surface area contributed by atoms with E-state index in [-0.39, 0.29) is 12.2 Å². The van der Waals surface area contributed by atoms with Crippen LogP contribution in [0, 0.1) is 23.4 Å². The normalized spacial score (nSPS) is 11.2. The van der Waals surface area contributed by atoms with E-state index in [0.29, 0.717) is 18.4 Å². The molecule has 118 valence electrons. The van der Waals surface area contributed by atoms with Gasteiger partial charge in [0.2, 0.25) is 0 Å². The molecule has 0 aliphatic carbocycles. The molecule has 0 unspecified atom stereocenters. The molecule has 0 spiro atoms. The zero-order valence-electron chi connectivity index (χ0n) is 12.2. The van der Waals surface area contributed by atoms with Gasteiger partial charge in [-0.25, -0.2) is 18.0 Å². The number of carbonyl (C=O) groups is 1. The molecule has 0 fully saturated rings. The molecule has 1 N–H and O–H groups in total. The third kappa shape index (κ3) is 3.32. The monoisotopic (exact) mass is 311 g/mol. The summed E-state index contributed by atoms with van der Waals surface area (Å²) in [5.74, 6) is -4.26. The smallest absolute Gasteiger partial charge is 0.352 e. The average molecular weight is 311 g/mol. The molecule has 0 aliphatic rings. The molecule has 2 rings (SSSR count). The van der Waals surface area contributed by atoms with E-state index < -0.39 is 29.0 Å². The lowest BCUT2D eigenvalue weighted by Gasteiger charge is -2.09. The minimum Gasteiger partial charge on any atom is -0.477 e. The van der Waals surface area contributed by atoms with E-state index in [0.717, 1.165) is 11.6 Å². The van der Waals surface area contributed by atoms with Gasteiger partial charge in [0.25, 0.3) is 0 Å². The summed E-state index contributed by atoms with van der Waals surface area (Å²) in [5, 5.41) is 9.20. The van der Waals surface area contributed by atoms with Gasteiger partial charge in [0, 0.05) is 11.8 Å². The first-order chi connectivity index (χ1) is 10.3. The number of hydrogen-bond acceptors (Lipinski definition) is 1. The van der Waals surface area contributed by atoms with Gasteiger partial charge in [-0.15, -0.1) is 0 Å². The molecule has 1 heterocycles. The standard InChI is InChI=1S/C16H16F3NO2/c1-9(2)5-10-6-14(16(21)22)20(7-10)8-11-12(17)3-4-13(18)15(11)19/h3-4,6-7,9H,5,8H2,1-2H3,(H,21,22). The largest absolute Gasteiger partial charge is 0.477 e. The predicted octanol–water partition coefficient (Wildman–Crippen LogP) is 3.85. The van der Waals surface area contributed by atoms with Crippen molar-refractivity contribution >= 4 is 5.97 Å². The highest BCUT2D eigenvalue weighted by Gasteiger charge is 2.18. The molecule has 0 saturated carbocycles. The van der Waals surface area contributed by atoms with Crippen molar-refractivity contribution in [1.29, 1.82) is 0 Å². The first kappa shape index (κ1) is 16.1. The maximum Gasteiger partial charge on any atom is 0.352 e. The number of rotatable bonds is 5. The number of hydrogen-bond donors (Lipinski definition) is 1. The average Bonchev–Trinajstić information content (AvgIpc) is 2.81. The number of carboxylic acids is 1. The fourth-order valence-corrected chi connectivity index (χ4v) is 2.35. The van der Waals surface area contributed by atoms with Gasteiger partial charge in [0.15, 0.2) is 11.6 Å². The van der Waals surface area contributed by atoms with E-state index in [2.05, 4.69) is 0 Å². The lowest BCUT2D eigenvalue weighted by Crippen LogP contribution is -2.11. The Hall–Kier alpha value is -2.24. The highest BCUT2D eigenvalue weighted by atomic mass is 19.2. The number of benzene rings is 1. The summed E-state index contributed by atoms with van der Waals surface area (Å²) in [6.07, 6.45) is 2.18. The van der Waals surface area contributed by atoms with Gasteiger partial charge < -0.3 is 9.67 Å². The van der Waals surface area contributed by atoms with Gasteiger partial charge in [-0.1, -0.05) is 13.8 Å². The number of halogens is 3. The highest BCUT2D eigenvalue weighted by Crippen LogP contribution is 2.20. The van der Waals surface area contributed by atoms with Crippen molar-refractivity contribution in [2.45, 2.75) is 26.8 Å². The number of carboxylic acid groups (broad SMARTS) is 1. The van der Waals surface area contributed by atoms with Crippen molar-refractivity contribution in [3.8, 4) is 0 Å². The second-order valence-electron chi connectivity index (χ2n) is 5.59. The van der Waals surface area contributed by atoms with Crippen LogP contribution in [0.2, 0.25) is 0 Å². The fraction of sp³-hybridized carbons (Fsp3) is 0.312. The summed E-state index contributed by atoms with van der Waals surface area (Å²) in [4.78, 5) is 11.3. The quantitative estimate of drug-likeness (QED) is 0.852. The zero-order valence-corrected chi connectivity index (χ0v) is 12.2. The van der Waals surface area contributed by atoms with E-state index in [9.17, 15) is 23.1 Å². The van der Waals surface area contributed by atoms with E-state index in [1.807, 2.05) is 13.8 Å². The Balaban J connectivity index is 2.43.